The Morgan fingerprint density at radius 3 is 2.39 bits per heavy atom. The monoisotopic (exact) mass is 500 g/mol. The third-order valence-electron chi connectivity index (χ3n) is 5.99. The summed E-state index contributed by atoms with van der Waals surface area (Å²) in [6, 6.07) is 24.8. The van der Waals surface area contributed by atoms with Gasteiger partial charge in [-0.3, -0.25) is 9.13 Å². The molecule has 2 aromatic heterocycles. The second-order valence-corrected chi connectivity index (χ2v) is 10.1. The smallest absolute Gasteiger partial charge is 0.415 e. The van der Waals surface area contributed by atoms with Crippen LogP contribution < -0.4 is 5.44 Å². The van der Waals surface area contributed by atoms with Gasteiger partial charge in [-0.05, 0) is 60.5 Å². The fourth-order valence-electron chi connectivity index (χ4n) is 4.48. The Hall–Kier alpha value is -3.77. The third kappa shape index (κ3) is 4.22. The maximum atomic E-state index is 13.5. The van der Waals surface area contributed by atoms with Crippen molar-refractivity contribution in [3.05, 3.63) is 85.1 Å². The minimum Gasteiger partial charge on any atom is -0.464 e. The highest BCUT2D eigenvalue weighted by molar-refractivity contribution is 7.61. The van der Waals surface area contributed by atoms with Crippen molar-refractivity contribution >= 4 is 40.8 Å². The van der Waals surface area contributed by atoms with Crippen LogP contribution in [0.1, 0.15) is 13.8 Å². The number of hydrogen-bond acceptors (Lipinski definition) is 5. The zero-order valence-electron chi connectivity index (χ0n) is 19.9. The van der Waals surface area contributed by atoms with Crippen LogP contribution in [0.3, 0.4) is 0 Å². The van der Waals surface area contributed by atoms with Gasteiger partial charge in [0.15, 0.2) is 5.44 Å². The van der Waals surface area contributed by atoms with Crippen LogP contribution in [0.25, 0.3) is 44.1 Å². The number of nitrogens with zero attached hydrogens (tertiary/aromatic N) is 2. The molecule has 0 fully saturated rings. The van der Waals surface area contributed by atoms with Gasteiger partial charge in [-0.1, -0.05) is 48.5 Å². The molecule has 0 aliphatic carbocycles. The van der Waals surface area contributed by atoms with E-state index in [9.17, 15) is 14.5 Å². The van der Waals surface area contributed by atoms with Gasteiger partial charge in [-0.25, -0.2) is 9.78 Å². The highest BCUT2D eigenvalue weighted by Gasteiger charge is 2.29. The summed E-state index contributed by atoms with van der Waals surface area (Å²) in [6.45, 7) is 3.97. The van der Waals surface area contributed by atoms with Gasteiger partial charge in [0.05, 0.1) is 24.4 Å². The summed E-state index contributed by atoms with van der Waals surface area (Å²) in [6.07, 6.45) is 0.450. The summed E-state index contributed by atoms with van der Waals surface area (Å²) < 4.78 is 25.8. The lowest BCUT2D eigenvalue weighted by Gasteiger charge is -2.18. The lowest BCUT2D eigenvalue weighted by atomic mass is 9.94. The summed E-state index contributed by atoms with van der Waals surface area (Å²) >= 11 is 0. The van der Waals surface area contributed by atoms with Gasteiger partial charge >= 0.3 is 13.7 Å². The number of fused-ring (bicyclic) bond motifs is 2. The predicted molar refractivity (Wildman–Crippen MR) is 142 cm³/mol. The Morgan fingerprint density at radius 2 is 1.64 bits per heavy atom. The largest absolute Gasteiger partial charge is 0.464 e. The molecule has 0 atom stereocenters. The molecule has 3 aromatic carbocycles. The van der Waals surface area contributed by atoms with Gasteiger partial charge < -0.3 is 14.2 Å². The van der Waals surface area contributed by atoms with Gasteiger partial charge in [-0.2, -0.15) is 0 Å². The molecule has 0 unspecified atom stereocenters. The Balaban J connectivity index is 1.83. The number of pyridine rings is 1. The fourth-order valence-corrected chi connectivity index (χ4v) is 5.98. The first-order valence-electron chi connectivity index (χ1n) is 11.7. The molecule has 0 spiro atoms. The molecular formula is C28H25N2O5P. The van der Waals surface area contributed by atoms with Crippen molar-refractivity contribution in [1.29, 1.82) is 0 Å². The zero-order chi connectivity index (χ0) is 25.3. The quantitative estimate of drug-likeness (QED) is 0.243. The van der Waals surface area contributed by atoms with E-state index < -0.39 is 13.7 Å². The summed E-state index contributed by atoms with van der Waals surface area (Å²) in [5.74, 6) is 0. The molecule has 0 aliphatic heterocycles. The first-order chi connectivity index (χ1) is 17.4. The molecular weight excluding hydrogens is 475 g/mol. The van der Waals surface area contributed by atoms with Crippen LogP contribution in [-0.4, -0.2) is 34.0 Å². The molecule has 0 amide bonds. The second kappa shape index (κ2) is 9.70. The number of carbonyl (C=O) groups is 1. The maximum Gasteiger partial charge on any atom is 0.415 e. The number of carboxylic acid groups (broad SMARTS) is 1. The highest BCUT2D eigenvalue weighted by Crippen LogP contribution is 2.47. The lowest BCUT2D eigenvalue weighted by Crippen LogP contribution is -2.14. The van der Waals surface area contributed by atoms with Crippen LogP contribution in [0.2, 0.25) is 0 Å². The molecule has 1 N–H and O–H groups in total. The Bertz CT molecular complexity index is 1630. The average molecular weight is 500 g/mol. The second-order valence-electron chi connectivity index (χ2n) is 8.17. The molecule has 0 bridgehead atoms. The van der Waals surface area contributed by atoms with Crippen LogP contribution in [0, 0.1) is 0 Å². The van der Waals surface area contributed by atoms with Crippen molar-refractivity contribution in [2.24, 2.45) is 0 Å². The third-order valence-corrected chi connectivity index (χ3v) is 7.99. The molecule has 8 heteroatoms. The normalized spacial score (nSPS) is 11.8. The van der Waals surface area contributed by atoms with Crippen molar-refractivity contribution in [3.8, 4) is 22.4 Å². The molecule has 5 rings (SSSR count). The van der Waals surface area contributed by atoms with E-state index in [1.54, 1.807) is 32.0 Å². The van der Waals surface area contributed by atoms with Crippen molar-refractivity contribution in [2.45, 2.75) is 13.8 Å². The van der Waals surface area contributed by atoms with E-state index in [0.717, 1.165) is 32.8 Å². The molecule has 0 saturated carbocycles. The summed E-state index contributed by atoms with van der Waals surface area (Å²) in [7, 11) is -3.61. The van der Waals surface area contributed by atoms with E-state index in [0.29, 0.717) is 11.2 Å². The molecule has 2 heterocycles. The van der Waals surface area contributed by atoms with Crippen molar-refractivity contribution in [3.63, 3.8) is 0 Å². The fraction of sp³-hybridized carbons (Fsp3) is 0.143. The van der Waals surface area contributed by atoms with E-state index in [-0.39, 0.29) is 18.6 Å². The zero-order valence-corrected chi connectivity index (χ0v) is 20.8. The van der Waals surface area contributed by atoms with E-state index >= 15 is 0 Å². The van der Waals surface area contributed by atoms with E-state index in [1.807, 2.05) is 60.7 Å². The van der Waals surface area contributed by atoms with Gasteiger partial charge in [0.2, 0.25) is 0 Å². The molecule has 0 radical (unpaired) electrons. The van der Waals surface area contributed by atoms with Crippen molar-refractivity contribution in [1.82, 2.24) is 9.55 Å². The lowest BCUT2D eigenvalue weighted by molar-refractivity contribution is 0.197. The van der Waals surface area contributed by atoms with E-state index in [4.69, 9.17) is 14.0 Å². The van der Waals surface area contributed by atoms with Gasteiger partial charge in [-0.15, -0.1) is 0 Å². The van der Waals surface area contributed by atoms with Gasteiger partial charge in [0.1, 0.15) is 0 Å². The van der Waals surface area contributed by atoms with Crippen molar-refractivity contribution < 1.29 is 23.5 Å². The van der Waals surface area contributed by atoms with Crippen LogP contribution in [0.5, 0.6) is 0 Å². The number of benzene rings is 3. The summed E-state index contributed by atoms with van der Waals surface area (Å²) in [5, 5.41) is 12.5. The van der Waals surface area contributed by atoms with E-state index in [1.165, 1.54) is 10.8 Å². The van der Waals surface area contributed by atoms with E-state index in [2.05, 4.69) is 0 Å². The summed E-state index contributed by atoms with van der Waals surface area (Å²) in [5.41, 5.74) is 3.86. The Labute approximate surface area is 208 Å². The topological polar surface area (TPSA) is 90.7 Å². The maximum absolute atomic E-state index is 13.5. The number of hydrogen-bond donors (Lipinski definition) is 1. The summed E-state index contributed by atoms with van der Waals surface area (Å²) in [4.78, 5) is 16.6. The minimum atomic E-state index is -3.61. The van der Waals surface area contributed by atoms with Crippen LogP contribution >= 0.6 is 7.60 Å². The molecule has 182 valence electrons. The number of aromatic nitrogens is 2. The molecule has 36 heavy (non-hydrogen) atoms. The van der Waals surface area contributed by atoms with Gasteiger partial charge in [0, 0.05) is 22.7 Å². The van der Waals surface area contributed by atoms with Crippen LogP contribution in [-0.2, 0) is 13.6 Å². The first kappa shape index (κ1) is 23.9. The SMILES string of the molecule is CCOP(=O)(OCC)c1ccc2cc(-c3cccn3C(=O)O)cc(-c3cccc4ccccc34)c2n1. The standard InChI is InChI=1S/C28H25N2O5P/c1-3-34-36(33,35-4-2)26-15-14-20-17-21(25-13-8-16-30(25)28(31)32)18-24(27(20)29-26)23-12-7-10-19-9-5-6-11-22(19)23/h5-18H,3-4H2,1-2H3,(H,31,32). The van der Waals surface area contributed by atoms with Crippen LogP contribution in [0.4, 0.5) is 4.79 Å². The predicted octanol–water partition coefficient (Wildman–Crippen LogP) is 6.94. The highest BCUT2D eigenvalue weighted by atomic mass is 31.2. The van der Waals surface area contributed by atoms with Crippen LogP contribution in [0.15, 0.2) is 85.1 Å². The first-order valence-corrected chi connectivity index (χ1v) is 13.2. The van der Waals surface area contributed by atoms with Gasteiger partial charge in [0.25, 0.3) is 0 Å². The molecule has 0 saturated heterocycles. The molecule has 5 aromatic rings. The number of rotatable bonds is 7. The Morgan fingerprint density at radius 1 is 0.889 bits per heavy atom. The molecule has 7 nitrogen and oxygen atoms in total. The molecule has 0 aliphatic rings. The van der Waals surface area contributed by atoms with Crippen molar-refractivity contribution in [2.75, 3.05) is 13.2 Å². The minimum absolute atomic E-state index is 0.221. The Kier molecular flexibility index (Phi) is 6.46. The average Bonchev–Trinajstić information content (AvgIpc) is 3.38.